The van der Waals surface area contributed by atoms with Crippen LogP contribution in [0, 0.1) is 11.3 Å². The Morgan fingerprint density at radius 3 is 2.64 bits per heavy atom. The third-order valence-corrected chi connectivity index (χ3v) is 2.25. The van der Waals surface area contributed by atoms with Gasteiger partial charge >= 0.3 is 0 Å². The van der Waals surface area contributed by atoms with Crippen molar-refractivity contribution in [3.63, 3.8) is 0 Å². The molecule has 68 valence electrons. The Labute approximate surface area is 83.2 Å². The molecule has 0 spiro atoms. The van der Waals surface area contributed by atoms with Crippen LogP contribution in [0.1, 0.15) is 18.9 Å². The molecular weight excluding hydrogens is 172 g/mol. The summed E-state index contributed by atoms with van der Waals surface area (Å²) in [5.74, 6) is 0. The second-order valence-corrected chi connectivity index (χ2v) is 3.33. The van der Waals surface area contributed by atoms with Gasteiger partial charge in [0.2, 0.25) is 0 Å². The minimum absolute atomic E-state index is 0.564. The maximum atomic E-state index is 8.90. The molecule has 1 aromatic rings. The van der Waals surface area contributed by atoms with E-state index in [1.807, 2.05) is 37.3 Å². The van der Waals surface area contributed by atoms with Crippen molar-refractivity contribution in [1.29, 1.82) is 5.26 Å². The number of allylic oxidation sites excluding steroid dienone is 2. The topological polar surface area (TPSA) is 36.1 Å². The SMILES string of the molecule is CC1=NC(C#N)=C(c2ccccc2)C1. The average Bonchev–Trinajstić information content (AvgIpc) is 2.61. The third kappa shape index (κ3) is 1.45. The molecule has 1 aromatic carbocycles. The molecule has 0 amide bonds. The second-order valence-electron chi connectivity index (χ2n) is 3.33. The summed E-state index contributed by atoms with van der Waals surface area (Å²) in [6.07, 6.45) is 0.799. The van der Waals surface area contributed by atoms with Crippen LogP contribution >= 0.6 is 0 Å². The number of aliphatic imine (C=N–C) groups is 1. The molecule has 0 fully saturated rings. The van der Waals surface area contributed by atoms with Gasteiger partial charge in [0.15, 0.2) is 0 Å². The van der Waals surface area contributed by atoms with E-state index in [0.29, 0.717) is 5.70 Å². The zero-order valence-electron chi connectivity index (χ0n) is 7.99. The standard InChI is InChI=1S/C12H10N2/c1-9-7-11(12(8-13)14-9)10-5-3-2-4-6-10/h2-6H,7H2,1H3. The van der Waals surface area contributed by atoms with Crippen molar-refractivity contribution in [2.75, 3.05) is 0 Å². The number of nitriles is 1. The Morgan fingerprint density at radius 1 is 1.29 bits per heavy atom. The molecular formula is C12H10N2. The van der Waals surface area contributed by atoms with E-state index in [0.717, 1.165) is 23.3 Å². The van der Waals surface area contributed by atoms with Crippen molar-refractivity contribution in [1.82, 2.24) is 0 Å². The smallest absolute Gasteiger partial charge is 0.144 e. The summed E-state index contributed by atoms with van der Waals surface area (Å²) < 4.78 is 0. The molecule has 1 heterocycles. The zero-order valence-corrected chi connectivity index (χ0v) is 7.99. The molecule has 0 atom stereocenters. The monoisotopic (exact) mass is 182 g/mol. The lowest BCUT2D eigenvalue weighted by Crippen LogP contribution is -1.87. The molecule has 0 aromatic heterocycles. The first-order chi connectivity index (χ1) is 6.81. The lowest BCUT2D eigenvalue weighted by molar-refractivity contribution is 1.40. The Morgan fingerprint density at radius 2 is 2.00 bits per heavy atom. The molecule has 0 bridgehead atoms. The highest BCUT2D eigenvalue weighted by Gasteiger charge is 2.15. The van der Waals surface area contributed by atoms with Crippen molar-refractivity contribution >= 4 is 11.3 Å². The molecule has 0 saturated heterocycles. The number of rotatable bonds is 1. The van der Waals surface area contributed by atoms with E-state index in [2.05, 4.69) is 11.1 Å². The normalized spacial score (nSPS) is 15.3. The minimum atomic E-state index is 0.564. The van der Waals surface area contributed by atoms with Crippen LogP contribution < -0.4 is 0 Å². The van der Waals surface area contributed by atoms with Crippen molar-refractivity contribution in [2.24, 2.45) is 4.99 Å². The predicted molar refractivity (Wildman–Crippen MR) is 56.7 cm³/mol. The van der Waals surface area contributed by atoms with E-state index in [4.69, 9.17) is 5.26 Å². The molecule has 1 aliphatic heterocycles. The van der Waals surface area contributed by atoms with E-state index in [1.54, 1.807) is 0 Å². The van der Waals surface area contributed by atoms with E-state index in [9.17, 15) is 0 Å². The Bertz CT molecular complexity index is 447. The molecule has 0 radical (unpaired) electrons. The van der Waals surface area contributed by atoms with Gasteiger partial charge in [-0.1, -0.05) is 30.3 Å². The minimum Gasteiger partial charge on any atom is -0.246 e. The first kappa shape index (κ1) is 8.71. The highest BCUT2D eigenvalue weighted by molar-refractivity contribution is 5.99. The molecule has 0 aliphatic carbocycles. The molecule has 0 saturated carbocycles. The summed E-state index contributed by atoms with van der Waals surface area (Å²) in [5.41, 5.74) is 3.73. The number of hydrogen-bond donors (Lipinski definition) is 0. The van der Waals surface area contributed by atoms with Gasteiger partial charge in [0.05, 0.1) is 0 Å². The molecule has 0 unspecified atom stereocenters. The van der Waals surface area contributed by atoms with Crippen LogP contribution in [0.15, 0.2) is 41.0 Å². The lowest BCUT2D eigenvalue weighted by atomic mass is 10.0. The summed E-state index contributed by atoms with van der Waals surface area (Å²) >= 11 is 0. The van der Waals surface area contributed by atoms with Gasteiger partial charge in [-0.25, -0.2) is 4.99 Å². The van der Waals surface area contributed by atoms with E-state index in [1.165, 1.54) is 0 Å². The fraction of sp³-hybridized carbons (Fsp3) is 0.167. The molecule has 0 N–H and O–H groups in total. The first-order valence-electron chi connectivity index (χ1n) is 4.54. The first-order valence-corrected chi connectivity index (χ1v) is 4.54. The summed E-state index contributed by atoms with van der Waals surface area (Å²) in [4.78, 5) is 4.20. The van der Waals surface area contributed by atoms with E-state index < -0.39 is 0 Å². The molecule has 1 aliphatic rings. The fourth-order valence-electron chi connectivity index (χ4n) is 1.61. The molecule has 14 heavy (non-hydrogen) atoms. The molecule has 2 heteroatoms. The van der Waals surface area contributed by atoms with Gasteiger partial charge in [0.25, 0.3) is 0 Å². The van der Waals surface area contributed by atoms with Crippen molar-refractivity contribution in [3.05, 3.63) is 41.6 Å². The summed E-state index contributed by atoms with van der Waals surface area (Å²) in [6.45, 7) is 1.95. The summed E-state index contributed by atoms with van der Waals surface area (Å²) in [6, 6.07) is 12.1. The van der Waals surface area contributed by atoms with Crippen LogP contribution in [0.4, 0.5) is 0 Å². The maximum absolute atomic E-state index is 8.90. The van der Waals surface area contributed by atoms with Gasteiger partial charge in [-0.05, 0) is 12.5 Å². The predicted octanol–water partition coefficient (Wildman–Crippen LogP) is 2.79. The van der Waals surface area contributed by atoms with Crippen molar-refractivity contribution < 1.29 is 0 Å². The number of hydrogen-bond acceptors (Lipinski definition) is 2. The van der Waals surface area contributed by atoms with Crippen molar-refractivity contribution in [3.8, 4) is 6.07 Å². The van der Waals surface area contributed by atoms with Crippen LogP contribution in [0.5, 0.6) is 0 Å². The van der Waals surface area contributed by atoms with E-state index in [-0.39, 0.29) is 0 Å². The number of nitrogens with zero attached hydrogens (tertiary/aromatic N) is 2. The van der Waals surface area contributed by atoms with Crippen LogP contribution in [-0.2, 0) is 0 Å². The highest BCUT2D eigenvalue weighted by atomic mass is 14.8. The third-order valence-electron chi connectivity index (χ3n) is 2.25. The van der Waals surface area contributed by atoms with Gasteiger partial charge in [-0.15, -0.1) is 0 Å². The summed E-state index contributed by atoms with van der Waals surface area (Å²) in [5, 5.41) is 8.90. The maximum Gasteiger partial charge on any atom is 0.144 e. The Hall–Kier alpha value is -1.88. The van der Waals surface area contributed by atoms with Crippen molar-refractivity contribution in [2.45, 2.75) is 13.3 Å². The zero-order chi connectivity index (χ0) is 9.97. The van der Waals surface area contributed by atoms with Crippen LogP contribution in [0.25, 0.3) is 5.57 Å². The Balaban J connectivity index is 2.44. The van der Waals surface area contributed by atoms with Gasteiger partial charge < -0.3 is 0 Å². The van der Waals surface area contributed by atoms with Gasteiger partial charge in [-0.2, -0.15) is 5.26 Å². The van der Waals surface area contributed by atoms with Gasteiger partial charge in [0, 0.05) is 17.7 Å². The second kappa shape index (κ2) is 3.47. The molecule has 2 rings (SSSR count). The van der Waals surface area contributed by atoms with E-state index >= 15 is 0 Å². The van der Waals surface area contributed by atoms with Crippen LogP contribution in [0.3, 0.4) is 0 Å². The van der Waals surface area contributed by atoms with Gasteiger partial charge in [-0.3, -0.25) is 0 Å². The average molecular weight is 182 g/mol. The van der Waals surface area contributed by atoms with Gasteiger partial charge in [0.1, 0.15) is 11.8 Å². The highest BCUT2D eigenvalue weighted by Crippen LogP contribution is 2.28. The summed E-state index contributed by atoms with van der Waals surface area (Å²) in [7, 11) is 0. The quantitative estimate of drug-likeness (QED) is 0.657. The van der Waals surface area contributed by atoms with Crippen LogP contribution in [0.2, 0.25) is 0 Å². The lowest BCUT2D eigenvalue weighted by Gasteiger charge is -2.00. The fourth-order valence-corrected chi connectivity index (χ4v) is 1.61. The largest absolute Gasteiger partial charge is 0.246 e. The van der Waals surface area contributed by atoms with Crippen LogP contribution in [-0.4, -0.2) is 5.71 Å². The Kier molecular flexibility index (Phi) is 2.16. The number of benzene rings is 1. The molecule has 2 nitrogen and oxygen atoms in total.